The summed E-state index contributed by atoms with van der Waals surface area (Å²) < 4.78 is 0. The minimum Gasteiger partial charge on any atom is -0.372 e. The van der Waals surface area contributed by atoms with Crippen LogP contribution in [0.5, 0.6) is 0 Å². The molecule has 3 heteroatoms. The molecule has 2 aromatic rings. The Labute approximate surface area is 118 Å². The van der Waals surface area contributed by atoms with E-state index in [4.69, 9.17) is 0 Å². The van der Waals surface area contributed by atoms with Crippen molar-refractivity contribution in [2.75, 3.05) is 11.9 Å². The van der Waals surface area contributed by atoms with Gasteiger partial charge in [0.05, 0.1) is 5.69 Å². The highest BCUT2D eigenvalue weighted by Gasteiger charge is 2.50. The summed E-state index contributed by atoms with van der Waals surface area (Å²) in [6.45, 7) is 3.94. The Bertz CT molecular complexity index is 694. The Kier molecular flexibility index (Phi) is 2.69. The molecule has 102 valence electrons. The number of aliphatic hydroxyl groups is 1. The molecule has 0 fully saturated rings. The molecule has 1 N–H and O–H groups in total. The number of amides is 1. The topological polar surface area (TPSA) is 40.5 Å². The van der Waals surface area contributed by atoms with Crippen molar-refractivity contribution in [2.45, 2.75) is 19.4 Å². The van der Waals surface area contributed by atoms with Crippen molar-refractivity contribution in [3.05, 3.63) is 64.7 Å². The van der Waals surface area contributed by atoms with E-state index in [1.807, 2.05) is 44.2 Å². The Morgan fingerprint density at radius 3 is 2.40 bits per heavy atom. The number of likely N-dealkylation sites (N-methyl/N-ethyl adjacent to an activating group) is 1. The smallest absolute Gasteiger partial charge is 0.268 e. The lowest BCUT2D eigenvalue weighted by Crippen LogP contribution is -2.39. The van der Waals surface area contributed by atoms with Crippen LogP contribution in [0.1, 0.15) is 22.3 Å². The first kappa shape index (κ1) is 12.9. The van der Waals surface area contributed by atoms with Crippen LogP contribution in [0.4, 0.5) is 5.69 Å². The molecule has 1 unspecified atom stereocenters. The van der Waals surface area contributed by atoms with Crippen LogP contribution >= 0.6 is 0 Å². The zero-order chi connectivity index (χ0) is 14.5. The van der Waals surface area contributed by atoms with Crippen LogP contribution in [0.15, 0.2) is 42.5 Å². The molecule has 0 saturated carbocycles. The summed E-state index contributed by atoms with van der Waals surface area (Å²) in [5, 5.41) is 11.1. The first-order valence-electron chi connectivity index (χ1n) is 6.64. The number of hydrogen-bond acceptors (Lipinski definition) is 2. The molecule has 0 aliphatic carbocycles. The van der Waals surface area contributed by atoms with Gasteiger partial charge in [-0.2, -0.15) is 0 Å². The minimum absolute atomic E-state index is 0.299. The van der Waals surface area contributed by atoms with E-state index in [1.54, 1.807) is 24.1 Å². The molecule has 0 aromatic heterocycles. The first-order valence-corrected chi connectivity index (χ1v) is 6.64. The number of anilines is 1. The molecule has 2 aromatic carbocycles. The maximum Gasteiger partial charge on any atom is 0.268 e. The lowest BCUT2D eigenvalue weighted by molar-refractivity contribution is -0.131. The number of hydrogen-bond donors (Lipinski definition) is 1. The van der Waals surface area contributed by atoms with Crippen molar-refractivity contribution in [3.63, 3.8) is 0 Å². The van der Waals surface area contributed by atoms with Crippen LogP contribution in [0.2, 0.25) is 0 Å². The average Bonchev–Trinajstić information content (AvgIpc) is 2.63. The fourth-order valence-corrected chi connectivity index (χ4v) is 3.10. The molecule has 1 amide bonds. The van der Waals surface area contributed by atoms with Gasteiger partial charge in [-0.05, 0) is 25.0 Å². The summed E-state index contributed by atoms with van der Waals surface area (Å²) in [5.41, 5.74) is 2.56. The number of nitrogens with zero attached hydrogens (tertiary/aromatic N) is 1. The van der Waals surface area contributed by atoms with Gasteiger partial charge in [0.25, 0.3) is 5.91 Å². The fourth-order valence-electron chi connectivity index (χ4n) is 3.10. The summed E-state index contributed by atoms with van der Waals surface area (Å²) in [6, 6.07) is 13.0. The summed E-state index contributed by atoms with van der Waals surface area (Å²) in [7, 11) is 1.71. The molecule has 0 spiro atoms. The van der Waals surface area contributed by atoms with Crippen molar-refractivity contribution in [1.29, 1.82) is 0 Å². The lowest BCUT2D eigenvalue weighted by atomic mass is 9.86. The van der Waals surface area contributed by atoms with Gasteiger partial charge in [0.2, 0.25) is 0 Å². The van der Waals surface area contributed by atoms with Crippen LogP contribution in [-0.4, -0.2) is 18.1 Å². The van der Waals surface area contributed by atoms with Gasteiger partial charge in [-0.25, -0.2) is 0 Å². The molecule has 3 nitrogen and oxygen atoms in total. The molecule has 1 atom stereocenters. The van der Waals surface area contributed by atoms with Crippen molar-refractivity contribution < 1.29 is 9.90 Å². The largest absolute Gasteiger partial charge is 0.372 e. The molecule has 3 rings (SSSR count). The summed E-state index contributed by atoms with van der Waals surface area (Å²) >= 11 is 0. The number of carbonyl (C=O) groups is 1. The molecular formula is C17H17NO2. The van der Waals surface area contributed by atoms with Crippen LogP contribution in [0.25, 0.3) is 0 Å². The molecule has 1 aliphatic rings. The van der Waals surface area contributed by atoms with E-state index in [9.17, 15) is 9.90 Å². The highest BCUT2D eigenvalue weighted by atomic mass is 16.3. The number of rotatable bonds is 1. The molecule has 0 saturated heterocycles. The van der Waals surface area contributed by atoms with E-state index in [2.05, 4.69) is 0 Å². The highest BCUT2D eigenvalue weighted by Crippen LogP contribution is 2.45. The normalized spacial score (nSPS) is 21.2. The monoisotopic (exact) mass is 267 g/mol. The second kappa shape index (κ2) is 4.18. The molecule has 1 heterocycles. The Hall–Kier alpha value is -2.13. The maximum atomic E-state index is 12.6. The molecule has 20 heavy (non-hydrogen) atoms. The fraction of sp³-hybridized carbons (Fsp3) is 0.235. The Balaban J connectivity index is 2.33. The van der Waals surface area contributed by atoms with Gasteiger partial charge in [0.15, 0.2) is 5.60 Å². The summed E-state index contributed by atoms with van der Waals surface area (Å²) in [4.78, 5) is 14.2. The van der Waals surface area contributed by atoms with Crippen molar-refractivity contribution in [3.8, 4) is 0 Å². The van der Waals surface area contributed by atoms with Gasteiger partial charge in [0, 0.05) is 12.6 Å². The van der Waals surface area contributed by atoms with E-state index in [1.165, 1.54) is 0 Å². The second-order valence-corrected chi connectivity index (χ2v) is 5.42. The third kappa shape index (κ3) is 1.53. The number of benzene rings is 2. The first-order chi connectivity index (χ1) is 9.46. The van der Waals surface area contributed by atoms with Crippen molar-refractivity contribution in [1.82, 2.24) is 0 Å². The van der Waals surface area contributed by atoms with Crippen LogP contribution in [-0.2, 0) is 10.4 Å². The minimum atomic E-state index is -1.58. The summed E-state index contributed by atoms with van der Waals surface area (Å²) in [5.74, 6) is -0.299. The lowest BCUT2D eigenvalue weighted by Gasteiger charge is -2.22. The van der Waals surface area contributed by atoms with Crippen LogP contribution in [0, 0.1) is 13.8 Å². The zero-order valence-electron chi connectivity index (χ0n) is 11.8. The van der Waals surface area contributed by atoms with Crippen LogP contribution in [0.3, 0.4) is 0 Å². The molecular weight excluding hydrogens is 250 g/mol. The van der Waals surface area contributed by atoms with Gasteiger partial charge in [-0.3, -0.25) is 4.79 Å². The van der Waals surface area contributed by atoms with E-state index in [0.29, 0.717) is 11.1 Å². The Morgan fingerprint density at radius 1 is 1.10 bits per heavy atom. The number of fused-ring (bicyclic) bond motifs is 1. The van der Waals surface area contributed by atoms with Gasteiger partial charge >= 0.3 is 0 Å². The number of carbonyl (C=O) groups excluding carboxylic acids is 1. The highest BCUT2D eigenvalue weighted by molar-refractivity contribution is 6.09. The third-order valence-electron chi connectivity index (χ3n) is 3.98. The van der Waals surface area contributed by atoms with Crippen molar-refractivity contribution in [2.24, 2.45) is 0 Å². The standard InChI is InChI=1S/C17H17NO2/c1-11-9-12(2)15-14(10-11)17(20,16(19)18(15)3)13-7-5-4-6-8-13/h4-10,20H,1-3H3. The van der Waals surface area contributed by atoms with Gasteiger partial charge in [-0.15, -0.1) is 0 Å². The van der Waals surface area contributed by atoms with E-state index < -0.39 is 5.60 Å². The second-order valence-electron chi connectivity index (χ2n) is 5.42. The molecule has 1 aliphatic heterocycles. The van der Waals surface area contributed by atoms with E-state index in [-0.39, 0.29) is 5.91 Å². The maximum absolute atomic E-state index is 12.6. The zero-order valence-corrected chi connectivity index (χ0v) is 11.8. The third-order valence-corrected chi connectivity index (χ3v) is 3.98. The van der Waals surface area contributed by atoms with Crippen molar-refractivity contribution >= 4 is 11.6 Å². The predicted molar refractivity (Wildman–Crippen MR) is 78.8 cm³/mol. The van der Waals surface area contributed by atoms with E-state index in [0.717, 1.165) is 16.8 Å². The van der Waals surface area contributed by atoms with Gasteiger partial charge in [-0.1, -0.05) is 48.0 Å². The number of aryl methyl sites for hydroxylation is 2. The van der Waals surface area contributed by atoms with Gasteiger partial charge in [0.1, 0.15) is 0 Å². The molecule has 0 bridgehead atoms. The Morgan fingerprint density at radius 2 is 1.75 bits per heavy atom. The SMILES string of the molecule is Cc1cc(C)c2c(c1)C(O)(c1ccccc1)C(=O)N2C. The summed E-state index contributed by atoms with van der Waals surface area (Å²) in [6.07, 6.45) is 0. The van der Waals surface area contributed by atoms with E-state index >= 15 is 0 Å². The quantitative estimate of drug-likeness (QED) is 0.862. The van der Waals surface area contributed by atoms with Gasteiger partial charge < -0.3 is 10.0 Å². The molecule has 0 radical (unpaired) electrons. The van der Waals surface area contributed by atoms with Crippen LogP contribution < -0.4 is 4.90 Å². The average molecular weight is 267 g/mol. The predicted octanol–water partition coefficient (Wildman–Crippen LogP) is 2.52.